The van der Waals surface area contributed by atoms with E-state index < -0.39 is 0 Å². The van der Waals surface area contributed by atoms with Gasteiger partial charge in [0.2, 0.25) is 11.8 Å². The van der Waals surface area contributed by atoms with Gasteiger partial charge in [0, 0.05) is 23.9 Å². The number of rotatable bonds is 5. The van der Waals surface area contributed by atoms with E-state index >= 15 is 0 Å². The molecule has 2 heterocycles. The maximum Gasteiger partial charge on any atom is 0.225 e. The molecule has 4 nitrogen and oxygen atoms in total. The fourth-order valence-electron chi connectivity index (χ4n) is 4.10. The molecule has 4 rings (SSSR count). The highest BCUT2D eigenvalue weighted by Crippen LogP contribution is 2.38. The smallest absolute Gasteiger partial charge is 0.225 e. The molecule has 1 saturated heterocycles. The lowest BCUT2D eigenvalue weighted by Crippen LogP contribution is -2.38. The lowest BCUT2D eigenvalue weighted by molar-refractivity contribution is -0.129. The van der Waals surface area contributed by atoms with Gasteiger partial charge < -0.3 is 10.2 Å². The molecule has 2 aliphatic carbocycles. The van der Waals surface area contributed by atoms with Gasteiger partial charge in [0.25, 0.3) is 0 Å². The molecule has 2 saturated carbocycles. The predicted molar refractivity (Wildman–Crippen MR) is 90.0 cm³/mol. The summed E-state index contributed by atoms with van der Waals surface area (Å²) in [7, 11) is 0. The molecule has 1 N–H and O–H groups in total. The zero-order valence-electron chi connectivity index (χ0n) is 13.4. The molecule has 0 radical (unpaired) electrons. The second-order valence-electron chi connectivity index (χ2n) is 7.22. The van der Waals surface area contributed by atoms with Crippen molar-refractivity contribution in [2.24, 2.45) is 11.8 Å². The Morgan fingerprint density at radius 3 is 2.70 bits per heavy atom. The van der Waals surface area contributed by atoms with Crippen molar-refractivity contribution < 1.29 is 9.59 Å². The zero-order chi connectivity index (χ0) is 15.8. The highest BCUT2D eigenvalue weighted by atomic mass is 32.1. The van der Waals surface area contributed by atoms with Gasteiger partial charge in [0.15, 0.2) is 0 Å². The van der Waals surface area contributed by atoms with Crippen molar-refractivity contribution in [2.45, 2.75) is 57.0 Å². The van der Waals surface area contributed by atoms with Crippen molar-refractivity contribution in [3.8, 4) is 0 Å². The van der Waals surface area contributed by atoms with E-state index in [1.165, 1.54) is 30.6 Å². The molecular formula is C18H24N2O2S. The van der Waals surface area contributed by atoms with Crippen LogP contribution in [-0.4, -0.2) is 29.3 Å². The first-order valence-corrected chi connectivity index (χ1v) is 9.73. The predicted octanol–water partition coefficient (Wildman–Crippen LogP) is 3.11. The van der Waals surface area contributed by atoms with Crippen molar-refractivity contribution in [1.82, 2.24) is 10.2 Å². The Labute approximate surface area is 141 Å². The third-order valence-electron chi connectivity index (χ3n) is 5.54. The fraction of sp³-hybridized carbons (Fsp3) is 0.667. The van der Waals surface area contributed by atoms with Crippen LogP contribution < -0.4 is 5.32 Å². The summed E-state index contributed by atoms with van der Waals surface area (Å²) in [6.45, 7) is 0.622. The Morgan fingerprint density at radius 1 is 1.26 bits per heavy atom. The number of nitrogens with one attached hydrogen (secondary N) is 1. The van der Waals surface area contributed by atoms with Crippen molar-refractivity contribution >= 4 is 23.2 Å². The molecule has 3 fully saturated rings. The summed E-state index contributed by atoms with van der Waals surface area (Å²) < 4.78 is 0. The fourth-order valence-corrected chi connectivity index (χ4v) is 4.97. The first-order valence-electron chi connectivity index (χ1n) is 8.85. The summed E-state index contributed by atoms with van der Waals surface area (Å²) in [4.78, 5) is 28.0. The number of hydrogen-bond donors (Lipinski definition) is 1. The van der Waals surface area contributed by atoms with Crippen LogP contribution in [0.4, 0.5) is 0 Å². The van der Waals surface area contributed by atoms with Crippen molar-refractivity contribution in [1.29, 1.82) is 0 Å². The van der Waals surface area contributed by atoms with Crippen LogP contribution in [0.3, 0.4) is 0 Å². The molecule has 2 atom stereocenters. The SMILES string of the molecule is O=C(N[C@@H](c1cccs1)C1CCCC1)[C@@H]1CC(=O)N(C2CC2)C1. The van der Waals surface area contributed by atoms with Crippen LogP contribution in [-0.2, 0) is 9.59 Å². The maximum atomic E-state index is 12.8. The Bertz CT molecular complexity index is 576. The van der Waals surface area contributed by atoms with Crippen molar-refractivity contribution in [2.75, 3.05) is 6.54 Å². The number of carbonyl (C=O) groups excluding carboxylic acids is 2. The summed E-state index contributed by atoms with van der Waals surface area (Å²) >= 11 is 1.73. The molecule has 3 aliphatic rings. The van der Waals surface area contributed by atoms with Crippen molar-refractivity contribution in [3.63, 3.8) is 0 Å². The maximum absolute atomic E-state index is 12.8. The van der Waals surface area contributed by atoms with Crippen LogP contribution in [0.1, 0.15) is 55.9 Å². The minimum absolute atomic E-state index is 0.0757. The van der Waals surface area contributed by atoms with Gasteiger partial charge in [-0.1, -0.05) is 18.9 Å². The van der Waals surface area contributed by atoms with Gasteiger partial charge in [0.1, 0.15) is 0 Å². The number of carbonyl (C=O) groups is 2. The molecule has 0 unspecified atom stereocenters. The van der Waals surface area contributed by atoms with E-state index in [1.807, 2.05) is 4.90 Å². The summed E-state index contributed by atoms with van der Waals surface area (Å²) in [5.74, 6) is 0.634. The average Bonchev–Trinajstić information content (AvgIpc) is 3.02. The highest BCUT2D eigenvalue weighted by Gasteiger charge is 2.42. The van der Waals surface area contributed by atoms with E-state index in [-0.39, 0.29) is 23.8 Å². The lowest BCUT2D eigenvalue weighted by atomic mass is 9.95. The molecule has 1 aliphatic heterocycles. The first-order chi connectivity index (χ1) is 11.2. The molecule has 5 heteroatoms. The third kappa shape index (κ3) is 3.16. The number of thiophene rings is 1. The Balaban J connectivity index is 1.44. The van der Waals surface area contributed by atoms with Crippen LogP contribution in [0.25, 0.3) is 0 Å². The van der Waals surface area contributed by atoms with Crippen LogP contribution >= 0.6 is 11.3 Å². The summed E-state index contributed by atoms with van der Waals surface area (Å²) in [5.41, 5.74) is 0. The average molecular weight is 332 g/mol. The molecule has 0 spiro atoms. The Kier molecular flexibility index (Phi) is 4.14. The van der Waals surface area contributed by atoms with Gasteiger partial charge in [-0.25, -0.2) is 0 Å². The normalized spacial score (nSPS) is 26.7. The van der Waals surface area contributed by atoms with Gasteiger partial charge in [-0.15, -0.1) is 11.3 Å². The van der Waals surface area contributed by atoms with Gasteiger partial charge in [0.05, 0.1) is 12.0 Å². The van der Waals surface area contributed by atoms with Gasteiger partial charge in [-0.2, -0.15) is 0 Å². The summed E-state index contributed by atoms with van der Waals surface area (Å²) in [6.07, 6.45) is 7.53. The molecule has 0 aromatic carbocycles. The molecule has 2 amide bonds. The molecule has 0 bridgehead atoms. The molecule has 124 valence electrons. The largest absolute Gasteiger partial charge is 0.348 e. The van der Waals surface area contributed by atoms with Crippen LogP contribution in [0.15, 0.2) is 17.5 Å². The third-order valence-corrected chi connectivity index (χ3v) is 6.49. The van der Waals surface area contributed by atoms with E-state index in [0.29, 0.717) is 24.9 Å². The number of amides is 2. The van der Waals surface area contributed by atoms with Crippen LogP contribution in [0.5, 0.6) is 0 Å². The number of nitrogens with zero attached hydrogens (tertiary/aromatic N) is 1. The van der Waals surface area contributed by atoms with E-state index in [0.717, 1.165) is 12.8 Å². The van der Waals surface area contributed by atoms with E-state index in [4.69, 9.17) is 0 Å². The van der Waals surface area contributed by atoms with Crippen LogP contribution in [0, 0.1) is 11.8 Å². The molecule has 1 aromatic heterocycles. The van der Waals surface area contributed by atoms with E-state index in [1.54, 1.807) is 11.3 Å². The lowest BCUT2D eigenvalue weighted by Gasteiger charge is -2.25. The summed E-state index contributed by atoms with van der Waals surface area (Å²) in [5, 5.41) is 5.38. The molecular weight excluding hydrogens is 308 g/mol. The first kappa shape index (κ1) is 15.2. The highest BCUT2D eigenvalue weighted by molar-refractivity contribution is 7.10. The van der Waals surface area contributed by atoms with E-state index in [2.05, 4.69) is 22.8 Å². The molecule has 23 heavy (non-hydrogen) atoms. The number of hydrogen-bond acceptors (Lipinski definition) is 3. The zero-order valence-corrected chi connectivity index (χ0v) is 14.2. The minimum atomic E-state index is -0.160. The van der Waals surface area contributed by atoms with E-state index in [9.17, 15) is 9.59 Å². The Hall–Kier alpha value is -1.36. The second kappa shape index (κ2) is 6.27. The number of likely N-dealkylation sites (tertiary alicyclic amines) is 1. The quantitative estimate of drug-likeness (QED) is 0.901. The topological polar surface area (TPSA) is 49.4 Å². The van der Waals surface area contributed by atoms with Crippen LogP contribution in [0.2, 0.25) is 0 Å². The summed E-state index contributed by atoms with van der Waals surface area (Å²) in [6, 6.07) is 4.74. The van der Waals surface area contributed by atoms with Gasteiger partial charge in [-0.05, 0) is 43.0 Å². The Morgan fingerprint density at radius 2 is 2.04 bits per heavy atom. The van der Waals surface area contributed by atoms with Crippen molar-refractivity contribution in [3.05, 3.63) is 22.4 Å². The minimum Gasteiger partial charge on any atom is -0.348 e. The van der Waals surface area contributed by atoms with Gasteiger partial charge in [-0.3, -0.25) is 9.59 Å². The second-order valence-corrected chi connectivity index (χ2v) is 8.20. The standard InChI is InChI=1S/C18H24N2O2S/c21-16-10-13(11-20(16)14-7-8-14)18(22)19-17(12-4-1-2-5-12)15-6-3-9-23-15/h3,6,9,12-14,17H,1-2,4-5,7-8,10-11H2,(H,19,22)/t13-,17-/m1/s1. The van der Waals surface area contributed by atoms with Gasteiger partial charge >= 0.3 is 0 Å². The molecule has 1 aromatic rings. The monoisotopic (exact) mass is 332 g/mol.